The Kier molecular flexibility index (Phi) is 5.39. The van der Waals surface area contributed by atoms with Crippen molar-refractivity contribution < 1.29 is 14.3 Å². The molecule has 0 atom stereocenters. The molecule has 0 spiro atoms. The van der Waals surface area contributed by atoms with E-state index in [1.807, 2.05) is 12.1 Å². The predicted molar refractivity (Wildman–Crippen MR) is 93.9 cm³/mol. The van der Waals surface area contributed by atoms with Crippen LogP contribution >= 0.6 is 11.3 Å². The van der Waals surface area contributed by atoms with Crippen molar-refractivity contribution in [2.45, 2.75) is 12.8 Å². The summed E-state index contributed by atoms with van der Waals surface area (Å²) in [5, 5.41) is 5.16. The summed E-state index contributed by atoms with van der Waals surface area (Å²) in [7, 11) is 0. The summed E-state index contributed by atoms with van der Waals surface area (Å²) < 4.78 is 5.15. The number of hydrogen-bond acceptors (Lipinski definition) is 6. The molecule has 0 unspecified atom stereocenters. The molecule has 0 N–H and O–H groups in total. The number of aromatic nitrogens is 2. The van der Waals surface area contributed by atoms with Crippen molar-refractivity contribution in [3.8, 4) is 10.6 Å². The number of thiazole rings is 1. The van der Waals surface area contributed by atoms with Gasteiger partial charge in [0.15, 0.2) is 0 Å². The molecule has 0 saturated carbocycles. The molecule has 3 heterocycles. The van der Waals surface area contributed by atoms with E-state index >= 15 is 0 Å². The Hall–Kier alpha value is -2.74. The third-order valence-electron chi connectivity index (χ3n) is 3.66. The lowest BCUT2D eigenvalue weighted by Gasteiger charge is -2.26. The zero-order valence-corrected chi connectivity index (χ0v) is 14.4. The Morgan fingerprint density at radius 3 is 2.96 bits per heavy atom. The first kappa shape index (κ1) is 17.1. The number of nitrogens with zero attached hydrogens (tertiary/aromatic N) is 4. The van der Waals surface area contributed by atoms with Gasteiger partial charge in [0.25, 0.3) is 5.91 Å². The maximum Gasteiger partial charge on any atom is 0.428 e. The van der Waals surface area contributed by atoms with E-state index in [-0.39, 0.29) is 12.5 Å². The zero-order chi connectivity index (χ0) is 17.6. The van der Waals surface area contributed by atoms with E-state index in [0.717, 1.165) is 10.6 Å². The fraction of sp³-hybridized carbons (Fsp3) is 0.294. The average molecular weight is 358 g/mol. The van der Waals surface area contributed by atoms with Gasteiger partial charge in [0.1, 0.15) is 10.7 Å². The smallest absolute Gasteiger partial charge is 0.428 e. The van der Waals surface area contributed by atoms with E-state index in [9.17, 15) is 9.59 Å². The number of carbonyl (C=O) groups is 2. The van der Waals surface area contributed by atoms with Gasteiger partial charge in [-0.3, -0.25) is 9.78 Å². The Morgan fingerprint density at radius 2 is 2.20 bits per heavy atom. The molecule has 2 aromatic rings. The fourth-order valence-corrected chi connectivity index (χ4v) is 3.23. The second-order valence-corrected chi connectivity index (χ2v) is 6.23. The highest BCUT2D eigenvalue weighted by molar-refractivity contribution is 7.13. The van der Waals surface area contributed by atoms with Gasteiger partial charge in [0.2, 0.25) is 0 Å². The first-order valence-corrected chi connectivity index (χ1v) is 8.81. The van der Waals surface area contributed by atoms with Gasteiger partial charge < -0.3 is 4.74 Å². The predicted octanol–water partition coefficient (Wildman–Crippen LogP) is 2.98. The molecule has 7 nitrogen and oxygen atoms in total. The first-order chi connectivity index (χ1) is 12.2. The molecule has 0 bridgehead atoms. The van der Waals surface area contributed by atoms with Gasteiger partial charge in [-0.15, -0.1) is 17.9 Å². The van der Waals surface area contributed by atoms with Crippen LogP contribution in [-0.2, 0) is 4.74 Å². The van der Waals surface area contributed by atoms with Crippen LogP contribution in [0.15, 0.2) is 42.6 Å². The Morgan fingerprint density at radius 1 is 1.36 bits per heavy atom. The van der Waals surface area contributed by atoms with Gasteiger partial charge in [-0.05, 0) is 25.0 Å². The maximum atomic E-state index is 12.7. The summed E-state index contributed by atoms with van der Waals surface area (Å²) in [5.41, 5.74) is 1.17. The highest BCUT2D eigenvalue weighted by Gasteiger charge is 2.33. The van der Waals surface area contributed by atoms with Crippen molar-refractivity contribution in [2.24, 2.45) is 0 Å². The van der Waals surface area contributed by atoms with Crippen LogP contribution in [0.5, 0.6) is 0 Å². The lowest BCUT2D eigenvalue weighted by atomic mass is 10.3. The number of carbonyl (C=O) groups excluding carboxylic acids is 2. The van der Waals surface area contributed by atoms with Crippen molar-refractivity contribution >= 4 is 23.3 Å². The summed E-state index contributed by atoms with van der Waals surface area (Å²) >= 11 is 1.37. The first-order valence-electron chi connectivity index (χ1n) is 7.93. The van der Waals surface area contributed by atoms with Gasteiger partial charge >= 0.3 is 6.09 Å². The maximum absolute atomic E-state index is 12.7. The molecule has 0 aliphatic carbocycles. The number of amides is 2. The van der Waals surface area contributed by atoms with Crippen LogP contribution in [0.2, 0.25) is 0 Å². The third-order valence-corrected chi connectivity index (χ3v) is 4.55. The monoisotopic (exact) mass is 358 g/mol. The van der Waals surface area contributed by atoms with Crippen LogP contribution < -0.4 is 0 Å². The minimum Gasteiger partial charge on any atom is -0.448 e. The van der Waals surface area contributed by atoms with Crippen LogP contribution in [0.4, 0.5) is 4.79 Å². The lowest BCUT2D eigenvalue weighted by Crippen LogP contribution is -2.45. The van der Waals surface area contributed by atoms with Crippen LogP contribution in [0, 0.1) is 0 Å². The number of rotatable bonds is 5. The summed E-state index contributed by atoms with van der Waals surface area (Å²) in [6, 6.07) is 3.71. The quantitative estimate of drug-likeness (QED) is 0.607. The number of ether oxygens (including phenoxy) is 1. The molecule has 1 fully saturated rings. The number of pyridine rings is 1. The van der Waals surface area contributed by atoms with Gasteiger partial charge in [-0.1, -0.05) is 6.08 Å². The molecular formula is C17H18N4O3S. The zero-order valence-electron chi connectivity index (χ0n) is 13.6. The van der Waals surface area contributed by atoms with Gasteiger partial charge in [-0.2, -0.15) is 0 Å². The van der Waals surface area contributed by atoms with E-state index in [4.69, 9.17) is 4.74 Å². The second-order valence-electron chi connectivity index (χ2n) is 5.38. The average Bonchev–Trinajstić information content (AvgIpc) is 3.32. The van der Waals surface area contributed by atoms with E-state index in [1.54, 1.807) is 23.8 Å². The normalized spacial score (nSPS) is 13.8. The SMILES string of the molecule is C=CCCOC(=O)N1CCCN1C(=O)c1csc(-c2cccnc2)n1. The van der Waals surface area contributed by atoms with Crippen molar-refractivity contribution in [1.29, 1.82) is 0 Å². The summed E-state index contributed by atoms with van der Waals surface area (Å²) in [5.74, 6) is -0.301. The summed E-state index contributed by atoms with van der Waals surface area (Å²) in [6.45, 7) is 4.76. The van der Waals surface area contributed by atoms with Crippen LogP contribution in [0.25, 0.3) is 10.6 Å². The second kappa shape index (κ2) is 7.89. The van der Waals surface area contributed by atoms with Crippen LogP contribution in [0.1, 0.15) is 23.3 Å². The Bertz CT molecular complexity index is 762. The highest BCUT2D eigenvalue weighted by Crippen LogP contribution is 2.24. The third kappa shape index (κ3) is 3.85. The van der Waals surface area contributed by atoms with Crippen molar-refractivity contribution in [2.75, 3.05) is 19.7 Å². The molecule has 8 heteroatoms. The van der Waals surface area contributed by atoms with E-state index in [1.165, 1.54) is 21.4 Å². The molecule has 1 saturated heterocycles. The number of hydrogen-bond donors (Lipinski definition) is 0. The standard InChI is InChI=1S/C17H18N4O3S/c1-2-3-10-24-17(23)21-9-5-8-20(21)16(22)14-12-25-15(19-14)13-6-4-7-18-11-13/h2,4,6-7,11-12H,1,3,5,8-10H2. The largest absolute Gasteiger partial charge is 0.448 e. The fourth-order valence-electron chi connectivity index (χ4n) is 2.44. The molecule has 2 amide bonds. The lowest BCUT2D eigenvalue weighted by molar-refractivity contribution is 0.0134. The topological polar surface area (TPSA) is 75.6 Å². The molecule has 130 valence electrons. The van der Waals surface area contributed by atoms with Crippen LogP contribution in [0.3, 0.4) is 0 Å². The van der Waals surface area contributed by atoms with E-state index in [0.29, 0.717) is 31.6 Å². The van der Waals surface area contributed by atoms with Crippen molar-refractivity contribution in [1.82, 2.24) is 20.0 Å². The Balaban J connectivity index is 1.70. The van der Waals surface area contributed by atoms with Crippen molar-refractivity contribution in [3.63, 3.8) is 0 Å². The molecule has 3 rings (SSSR count). The molecule has 0 aromatic carbocycles. The van der Waals surface area contributed by atoms with E-state index in [2.05, 4.69) is 16.5 Å². The van der Waals surface area contributed by atoms with Crippen LogP contribution in [-0.4, -0.2) is 51.7 Å². The minimum atomic E-state index is -0.518. The van der Waals surface area contributed by atoms with Crippen molar-refractivity contribution in [3.05, 3.63) is 48.3 Å². The van der Waals surface area contributed by atoms with E-state index < -0.39 is 6.09 Å². The molecular weight excluding hydrogens is 340 g/mol. The number of hydrazine groups is 1. The molecule has 0 radical (unpaired) electrons. The highest BCUT2D eigenvalue weighted by atomic mass is 32.1. The Labute approximate surface area is 149 Å². The van der Waals surface area contributed by atoms with Gasteiger partial charge in [-0.25, -0.2) is 19.8 Å². The molecule has 25 heavy (non-hydrogen) atoms. The summed E-state index contributed by atoms with van der Waals surface area (Å²) in [4.78, 5) is 33.3. The van der Waals surface area contributed by atoms with Gasteiger partial charge in [0, 0.05) is 36.4 Å². The molecule has 2 aromatic heterocycles. The molecule has 1 aliphatic heterocycles. The van der Waals surface area contributed by atoms with Gasteiger partial charge in [0.05, 0.1) is 6.61 Å². The summed E-state index contributed by atoms with van der Waals surface area (Å²) in [6.07, 6.45) is 5.83. The minimum absolute atomic E-state index is 0.253. The molecule has 1 aliphatic rings.